The summed E-state index contributed by atoms with van der Waals surface area (Å²) in [5.41, 5.74) is 0.435. The summed E-state index contributed by atoms with van der Waals surface area (Å²) in [5.74, 6) is 0.126. The maximum atomic E-state index is 12.9. The molecule has 1 atom stereocenters. The Bertz CT molecular complexity index is 806. The van der Waals surface area contributed by atoms with Crippen LogP contribution in [0.4, 0.5) is 0 Å². The van der Waals surface area contributed by atoms with E-state index in [1.165, 1.54) is 35.0 Å². The summed E-state index contributed by atoms with van der Waals surface area (Å²) < 4.78 is 27.1. The van der Waals surface area contributed by atoms with Gasteiger partial charge in [-0.15, -0.1) is 0 Å². The van der Waals surface area contributed by atoms with E-state index in [0.29, 0.717) is 37.5 Å². The van der Waals surface area contributed by atoms with Gasteiger partial charge in [-0.25, -0.2) is 8.42 Å². The van der Waals surface area contributed by atoms with E-state index in [1.54, 1.807) is 0 Å². The SMILES string of the molecule is CCC1CCCCN1C(=O)C1CCN(S(=O)(=O)c2ccc(C#N)cc2)CC1. The van der Waals surface area contributed by atoms with Crippen LogP contribution in [0.3, 0.4) is 0 Å². The Morgan fingerprint density at radius 2 is 1.78 bits per heavy atom. The predicted molar refractivity (Wildman–Crippen MR) is 102 cm³/mol. The van der Waals surface area contributed by atoms with Crippen LogP contribution in [0.1, 0.15) is 51.0 Å². The molecule has 1 unspecified atom stereocenters. The Balaban J connectivity index is 1.64. The van der Waals surface area contributed by atoms with Gasteiger partial charge in [0.2, 0.25) is 15.9 Å². The first-order valence-corrected chi connectivity index (χ1v) is 11.2. The van der Waals surface area contributed by atoms with Gasteiger partial charge in [0, 0.05) is 31.6 Å². The van der Waals surface area contributed by atoms with Gasteiger partial charge >= 0.3 is 0 Å². The van der Waals surface area contributed by atoms with Crippen LogP contribution in [-0.4, -0.2) is 49.2 Å². The highest BCUT2D eigenvalue weighted by Crippen LogP contribution is 2.28. The van der Waals surface area contributed by atoms with Crippen LogP contribution in [0.15, 0.2) is 29.2 Å². The fourth-order valence-corrected chi connectivity index (χ4v) is 5.61. The van der Waals surface area contributed by atoms with E-state index in [-0.39, 0.29) is 16.7 Å². The van der Waals surface area contributed by atoms with Crippen LogP contribution in [0.25, 0.3) is 0 Å². The Hall–Kier alpha value is -1.91. The van der Waals surface area contributed by atoms with E-state index in [9.17, 15) is 13.2 Å². The fraction of sp³-hybridized carbons (Fsp3) is 0.600. The molecule has 2 aliphatic heterocycles. The minimum absolute atomic E-state index is 0.0791. The highest BCUT2D eigenvalue weighted by Gasteiger charge is 2.35. The van der Waals surface area contributed by atoms with Crippen LogP contribution >= 0.6 is 0 Å². The largest absolute Gasteiger partial charge is 0.339 e. The summed E-state index contributed by atoms with van der Waals surface area (Å²) in [7, 11) is -3.58. The standard InChI is InChI=1S/C20H27N3O3S/c1-2-18-5-3-4-12-23(18)20(24)17-10-13-22(14-11-17)27(25,26)19-8-6-16(15-21)7-9-19/h6-9,17-18H,2-5,10-14H2,1H3. The van der Waals surface area contributed by atoms with Crippen molar-refractivity contribution in [1.82, 2.24) is 9.21 Å². The van der Waals surface area contributed by atoms with Crippen molar-refractivity contribution in [1.29, 1.82) is 5.26 Å². The molecule has 3 rings (SSSR count). The second kappa shape index (κ2) is 8.41. The lowest BCUT2D eigenvalue weighted by Crippen LogP contribution is -2.49. The maximum absolute atomic E-state index is 12.9. The van der Waals surface area contributed by atoms with Gasteiger partial charge in [0.1, 0.15) is 0 Å². The first kappa shape index (κ1) is 19.8. The highest BCUT2D eigenvalue weighted by atomic mass is 32.2. The molecule has 2 fully saturated rings. The molecule has 2 heterocycles. The number of benzene rings is 1. The molecule has 27 heavy (non-hydrogen) atoms. The molecule has 2 saturated heterocycles. The molecule has 0 spiro atoms. The number of sulfonamides is 1. The van der Waals surface area contributed by atoms with Crippen molar-refractivity contribution >= 4 is 15.9 Å². The zero-order valence-corrected chi connectivity index (χ0v) is 16.6. The van der Waals surface area contributed by atoms with Gasteiger partial charge in [0.15, 0.2) is 0 Å². The second-order valence-corrected chi connectivity index (χ2v) is 9.34. The van der Waals surface area contributed by atoms with Crippen LogP contribution in [0, 0.1) is 17.2 Å². The third kappa shape index (κ3) is 4.17. The van der Waals surface area contributed by atoms with Crippen molar-refractivity contribution in [2.75, 3.05) is 19.6 Å². The Kier molecular flexibility index (Phi) is 6.18. The monoisotopic (exact) mass is 389 g/mol. The fourth-order valence-electron chi connectivity index (χ4n) is 4.14. The molecule has 1 aromatic carbocycles. The highest BCUT2D eigenvalue weighted by molar-refractivity contribution is 7.89. The number of carbonyl (C=O) groups is 1. The lowest BCUT2D eigenvalue weighted by atomic mass is 9.92. The topological polar surface area (TPSA) is 81.5 Å². The minimum Gasteiger partial charge on any atom is -0.339 e. The molecule has 2 aliphatic rings. The second-order valence-electron chi connectivity index (χ2n) is 7.40. The number of rotatable bonds is 4. The van der Waals surface area contributed by atoms with E-state index in [2.05, 4.69) is 6.92 Å². The van der Waals surface area contributed by atoms with Crippen LogP contribution in [0.5, 0.6) is 0 Å². The van der Waals surface area contributed by atoms with Crippen molar-refractivity contribution in [3.05, 3.63) is 29.8 Å². The van der Waals surface area contributed by atoms with Crippen molar-refractivity contribution in [2.45, 2.75) is 56.4 Å². The molecule has 0 saturated carbocycles. The number of piperidine rings is 2. The molecule has 0 bridgehead atoms. The first-order valence-electron chi connectivity index (χ1n) is 9.78. The van der Waals surface area contributed by atoms with Gasteiger partial charge in [-0.2, -0.15) is 9.57 Å². The van der Waals surface area contributed by atoms with Crippen LogP contribution < -0.4 is 0 Å². The average molecular weight is 390 g/mol. The smallest absolute Gasteiger partial charge is 0.243 e. The van der Waals surface area contributed by atoms with E-state index >= 15 is 0 Å². The number of likely N-dealkylation sites (tertiary alicyclic amines) is 1. The summed E-state index contributed by atoms with van der Waals surface area (Å²) in [4.78, 5) is 15.2. The van der Waals surface area contributed by atoms with E-state index in [4.69, 9.17) is 5.26 Å². The van der Waals surface area contributed by atoms with Crippen molar-refractivity contribution in [3.8, 4) is 6.07 Å². The molecule has 146 valence electrons. The lowest BCUT2D eigenvalue weighted by Gasteiger charge is -2.39. The zero-order valence-electron chi connectivity index (χ0n) is 15.8. The van der Waals surface area contributed by atoms with Crippen molar-refractivity contribution < 1.29 is 13.2 Å². The Morgan fingerprint density at radius 3 is 2.37 bits per heavy atom. The summed E-state index contributed by atoms with van der Waals surface area (Å²) in [6.07, 6.45) is 5.45. The molecule has 0 radical (unpaired) electrons. The molecule has 1 aromatic rings. The number of hydrogen-bond acceptors (Lipinski definition) is 4. The predicted octanol–water partition coefficient (Wildman–Crippen LogP) is 2.75. The van der Waals surface area contributed by atoms with Crippen molar-refractivity contribution in [2.24, 2.45) is 5.92 Å². The summed E-state index contributed by atoms with van der Waals surface area (Å²) in [6.45, 7) is 3.69. The minimum atomic E-state index is -3.58. The summed E-state index contributed by atoms with van der Waals surface area (Å²) in [5, 5.41) is 8.86. The van der Waals surface area contributed by atoms with Gasteiger partial charge in [-0.3, -0.25) is 4.79 Å². The molecular formula is C20H27N3O3S. The van der Waals surface area contributed by atoms with Crippen LogP contribution in [-0.2, 0) is 14.8 Å². The van der Waals surface area contributed by atoms with E-state index in [0.717, 1.165) is 25.8 Å². The molecular weight excluding hydrogens is 362 g/mol. The molecule has 7 heteroatoms. The van der Waals surface area contributed by atoms with Gasteiger partial charge in [-0.1, -0.05) is 6.92 Å². The maximum Gasteiger partial charge on any atom is 0.243 e. The normalized spacial score (nSPS) is 22.4. The Morgan fingerprint density at radius 1 is 1.11 bits per heavy atom. The lowest BCUT2D eigenvalue weighted by molar-refractivity contribution is -0.140. The van der Waals surface area contributed by atoms with Crippen molar-refractivity contribution in [3.63, 3.8) is 0 Å². The molecule has 1 amide bonds. The summed E-state index contributed by atoms with van der Waals surface area (Å²) >= 11 is 0. The zero-order chi connectivity index (χ0) is 19.4. The number of amides is 1. The average Bonchev–Trinajstić information content (AvgIpc) is 2.73. The third-order valence-electron chi connectivity index (χ3n) is 5.81. The number of hydrogen-bond donors (Lipinski definition) is 0. The third-order valence-corrected chi connectivity index (χ3v) is 7.72. The van der Waals surface area contributed by atoms with Gasteiger partial charge < -0.3 is 4.90 Å². The van der Waals surface area contributed by atoms with E-state index in [1.807, 2.05) is 11.0 Å². The van der Waals surface area contributed by atoms with Crippen LogP contribution in [0.2, 0.25) is 0 Å². The summed E-state index contributed by atoms with van der Waals surface area (Å²) in [6, 6.07) is 8.32. The molecule has 0 aromatic heterocycles. The van der Waals surface area contributed by atoms with Gasteiger partial charge in [-0.05, 0) is 62.8 Å². The van der Waals surface area contributed by atoms with Gasteiger partial charge in [0.25, 0.3) is 0 Å². The van der Waals surface area contributed by atoms with Gasteiger partial charge in [0.05, 0.1) is 16.5 Å². The Labute approximate surface area is 161 Å². The quantitative estimate of drug-likeness (QED) is 0.793. The molecule has 6 nitrogen and oxygen atoms in total. The number of carbonyl (C=O) groups excluding carboxylic acids is 1. The number of nitriles is 1. The first-order chi connectivity index (χ1) is 13.0. The molecule has 0 aliphatic carbocycles. The van der Waals surface area contributed by atoms with E-state index < -0.39 is 10.0 Å². The number of nitrogens with zero attached hydrogens (tertiary/aromatic N) is 3. The molecule has 0 N–H and O–H groups in total.